The zero-order valence-corrected chi connectivity index (χ0v) is 15.3. The van der Waals surface area contributed by atoms with Crippen molar-refractivity contribution >= 4 is 11.9 Å². The van der Waals surface area contributed by atoms with Gasteiger partial charge in [-0.2, -0.15) is 5.26 Å². The molecule has 5 nitrogen and oxygen atoms in total. The molecule has 2 aromatic carbocycles. The first-order valence-corrected chi connectivity index (χ1v) is 8.72. The number of benzene rings is 2. The monoisotopic (exact) mass is 362 g/mol. The van der Waals surface area contributed by atoms with Crippen molar-refractivity contribution in [1.29, 1.82) is 5.26 Å². The highest BCUT2D eigenvalue weighted by Crippen LogP contribution is 2.20. The highest BCUT2D eigenvalue weighted by atomic mass is 16.5. The van der Waals surface area contributed by atoms with Crippen molar-refractivity contribution in [2.45, 2.75) is 19.8 Å². The summed E-state index contributed by atoms with van der Waals surface area (Å²) in [6.07, 6.45) is 1.40. The third-order valence-electron chi connectivity index (χ3n) is 3.93. The molecule has 2 aromatic rings. The molecule has 0 aliphatic heterocycles. The zero-order valence-electron chi connectivity index (χ0n) is 15.3. The maximum absolute atomic E-state index is 12.2. The van der Waals surface area contributed by atoms with Gasteiger partial charge in [0.25, 0.3) is 5.91 Å². The summed E-state index contributed by atoms with van der Waals surface area (Å²) >= 11 is 0. The van der Waals surface area contributed by atoms with Crippen LogP contribution in [0, 0.1) is 11.3 Å². The van der Waals surface area contributed by atoms with E-state index >= 15 is 0 Å². The van der Waals surface area contributed by atoms with Crippen molar-refractivity contribution in [3.8, 4) is 17.2 Å². The number of amides is 1. The van der Waals surface area contributed by atoms with Crippen LogP contribution in [0.2, 0.25) is 0 Å². The van der Waals surface area contributed by atoms with Crippen LogP contribution in [0.15, 0.2) is 60.7 Å². The lowest BCUT2D eigenvalue weighted by atomic mass is 10.0. The fourth-order valence-electron chi connectivity index (χ4n) is 2.37. The van der Waals surface area contributed by atoms with E-state index in [1.807, 2.05) is 24.3 Å². The molecule has 0 aliphatic rings. The smallest absolute Gasteiger partial charge is 0.333 e. The summed E-state index contributed by atoms with van der Waals surface area (Å²) in [4.78, 5) is 23.4. The lowest BCUT2D eigenvalue weighted by molar-refractivity contribution is -0.139. The fraction of sp³-hybridized carbons (Fsp3) is 0.227. The molecule has 0 spiro atoms. The first kappa shape index (κ1) is 19.9. The fourth-order valence-corrected chi connectivity index (χ4v) is 2.37. The molecule has 0 saturated heterocycles. The third-order valence-corrected chi connectivity index (χ3v) is 3.93. The normalized spacial score (nSPS) is 9.93. The minimum Gasteiger partial charge on any atom is -0.462 e. The van der Waals surface area contributed by atoms with Crippen LogP contribution in [0.1, 0.15) is 35.7 Å². The summed E-state index contributed by atoms with van der Waals surface area (Å²) in [5.41, 5.74) is 3.55. The Bertz CT molecular complexity index is 847. The Morgan fingerprint density at radius 1 is 1.04 bits per heavy atom. The molecule has 0 radical (unpaired) electrons. The summed E-state index contributed by atoms with van der Waals surface area (Å²) < 4.78 is 5.00. The molecule has 0 fully saturated rings. The number of hydrogen-bond donors (Lipinski definition) is 1. The summed E-state index contributed by atoms with van der Waals surface area (Å²) in [6, 6.07) is 16.7. The Labute approximate surface area is 159 Å². The summed E-state index contributed by atoms with van der Waals surface area (Å²) in [5, 5.41) is 11.7. The van der Waals surface area contributed by atoms with Gasteiger partial charge in [0.15, 0.2) is 0 Å². The molecule has 0 unspecified atom stereocenters. The van der Waals surface area contributed by atoms with Gasteiger partial charge in [-0.3, -0.25) is 4.79 Å². The molecular weight excluding hydrogens is 340 g/mol. The van der Waals surface area contributed by atoms with E-state index < -0.39 is 0 Å². The van der Waals surface area contributed by atoms with Gasteiger partial charge < -0.3 is 10.1 Å². The number of carbonyl (C=O) groups excluding carboxylic acids is 2. The standard InChI is InChI=1S/C22H22N2O3/c1-16(2)22(26)27-14-4-3-13-24-21(25)20-11-9-19(10-12-20)18-7-5-17(15-23)6-8-18/h5-12H,1,3-4,13-14H2,2H3,(H,24,25). The van der Waals surface area contributed by atoms with Gasteiger partial charge in [0, 0.05) is 17.7 Å². The molecular formula is C22H22N2O3. The molecule has 0 bridgehead atoms. The van der Waals surface area contributed by atoms with Gasteiger partial charge in [-0.25, -0.2) is 4.79 Å². The van der Waals surface area contributed by atoms with E-state index in [1.165, 1.54) is 0 Å². The maximum Gasteiger partial charge on any atom is 0.333 e. The Kier molecular flexibility index (Phi) is 7.33. The number of carbonyl (C=O) groups is 2. The summed E-state index contributed by atoms with van der Waals surface area (Å²) in [5.74, 6) is -0.526. The molecule has 138 valence electrons. The van der Waals surface area contributed by atoms with E-state index in [9.17, 15) is 9.59 Å². The second kappa shape index (κ2) is 9.93. The number of unbranched alkanes of at least 4 members (excludes halogenated alkanes) is 1. The summed E-state index contributed by atoms with van der Waals surface area (Å²) in [6.45, 7) is 5.96. The first-order valence-electron chi connectivity index (χ1n) is 8.72. The van der Waals surface area contributed by atoms with Crippen LogP contribution in [0.4, 0.5) is 0 Å². The van der Waals surface area contributed by atoms with Crippen LogP contribution in [0.5, 0.6) is 0 Å². The van der Waals surface area contributed by atoms with E-state index in [4.69, 9.17) is 10.00 Å². The number of rotatable bonds is 8. The van der Waals surface area contributed by atoms with Gasteiger partial charge in [0.05, 0.1) is 18.2 Å². The number of nitriles is 1. The Balaban J connectivity index is 1.77. The van der Waals surface area contributed by atoms with E-state index in [-0.39, 0.29) is 11.9 Å². The maximum atomic E-state index is 12.2. The van der Waals surface area contributed by atoms with Crippen LogP contribution in [0.25, 0.3) is 11.1 Å². The van der Waals surface area contributed by atoms with Crippen LogP contribution >= 0.6 is 0 Å². The number of ether oxygens (including phenoxy) is 1. The first-order chi connectivity index (χ1) is 13.0. The predicted octanol–water partition coefficient (Wildman–Crippen LogP) is 3.85. The van der Waals surface area contributed by atoms with Crippen molar-refractivity contribution in [2.75, 3.05) is 13.2 Å². The second-order valence-corrected chi connectivity index (χ2v) is 6.15. The third kappa shape index (κ3) is 6.12. The largest absolute Gasteiger partial charge is 0.462 e. The average Bonchev–Trinajstić information content (AvgIpc) is 2.70. The topological polar surface area (TPSA) is 79.2 Å². The van der Waals surface area contributed by atoms with Crippen molar-refractivity contribution in [3.63, 3.8) is 0 Å². The summed E-state index contributed by atoms with van der Waals surface area (Å²) in [7, 11) is 0. The van der Waals surface area contributed by atoms with Crippen LogP contribution in [-0.4, -0.2) is 25.0 Å². The number of esters is 1. The molecule has 5 heteroatoms. The van der Waals surface area contributed by atoms with Crippen molar-refractivity contribution < 1.29 is 14.3 Å². The average molecular weight is 362 g/mol. The van der Waals surface area contributed by atoms with E-state index in [0.29, 0.717) is 36.3 Å². The molecule has 1 N–H and O–H groups in total. The van der Waals surface area contributed by atoms with Crippen molar-refractivity contribution in [2.24, 2.45) is 0 Å². The van der Waals surface area contributed by atoms with Gasteiger partial charge in [-0.05, 0) is 55.2 Å². The minimum atomic E-state index is -0.388. The van der Waals surface area contributed by atoms with Crippen molar-refractivity contribution in [1.82, 2.24) is 5.32 Å². The van der Waals surface area contributed by atoms with E-state index in [1.54, 1.807) is 31.2 Å². The van der Waals surface area contributed by atoms with E-state index in [2.05, 4.69) is 18.0 Å². The lowest BCUT2D eigenvalue weighted by Crippen LogP contribution is -2.24. The number of nitrogens with zero attached hydrogens (tertiary/aromatic N) is 1. The lowest BCUT2D eigenvalue weighted by Gasteiger charge is -2.07. The van der Waals surface area contributed by atoms with Gasteiger partial charge in [-0.15, -0.1) is 0 Å². The van der Waals surface area contributed by atoms with E-state index in [0.717, 1.165) is 17.5 Å². The van der Waals surface area contributed by atoms with Gasteiger partial charge in [0.1, 0.15) is 0 Å². The molecule has 27 heavy (non-hydrogen) atoms. The number of hydrogen-bond acceptors (Lipinski definition) is 4. The van der Waals surface area contributed by atoms with Crippen LogP contribution in [0.3, 0.4) is 0 Å². The molecule has 0 saturated carbocycles. The van der Waals surface area contributed by atoms with Crippen LogP contribution < -0.4 is 5.32 Å². The molecule has 0 heterocycles. The molecule has 2 rings (SSSR count). The second-order valence-electron chi connectivity index (χ2n) is 6.15. The highest BCUT2D eigenvalue weighted by Gasteiger charge is 2.06. The van der Waals surface area contributed by atoms with Gasteiger partial charge in [-0.1, -0.05) is 30.8 Å². The number of nitrogens with one attached hydrogen (secondary N) is 1. The SMILES string of the molecule is C=C(C)C(=O)OCCCCNC(=O)c1ccc(-c2ccc(C#N)cc2)cc1. The highest BCUT2D eigenvalue weighted by molar-refractivity contribution is 5.94. The van der Waals surface area contributed by atoms with Crippen LogP contribution in [-0.2, 0) is 9.53 Å². The molecule has 0 aliphatic carbocycles. The zero-order chi connectivity index (χ0) is 19.6. The Morgan fingerprint density at radius 3 is 2.19 bits per heavy atom. The van der Waals surface area contributed by atoms with Gasteiger partial charge in [0.2, 0.25) is 0 Å². The molecule has 0 atom stereocenters. The molecule has 1 amide bonds. The quantitative estimate of drug-likeness (QED) is 0.439. The Morgan fingerprint density at radius 2 is 1.63 bits per heavy atom. The van der Waals surface area contributed by atoms with Crippen molar-refractivity contribution in [3.05, 3.63) is 71.8 Å². The minimum absolute atomic E-state index is 0.139. The predicted molar refractivity (Wildman–Crippen MR) is 104 cm³/mol. The molecule has 0 aromatic heterocycles. The Hall–Kier alpha value is -3.39. The van der Waals surface area contributed by atoms with Gasteiger partial charge >= 0.3 is 5.97 Å².